The summed E-state index contributed by atoms with van der Waals surface area (Å²) in [4.78, 5) is 0. The molecule has 104 valence electrons. The maximum atomic E-state index is 6.03. The van der Waals surface area contributed by atoms with E-state index in [4.69, 9.17) is 11.6 Å². The zero-order valence-corrected chi connectivity index (χ0v) is 13.7. The molecule has 0 aliphatic heterocycles. The first kappa shape index (κ1) is 15.1. The molecule has 19 heavy (non-hydrogen) atoms. The van der Waals surface area contributed by atoms with Gasteiger partial charge in [0.2, 0.25) is 0 Å². The highest BCUT2D eigenvalue weighted by Crippen LogP contribution is 2.33. The highest BCUT2D eigenvalue weighted by molar-refractivity contribution is 9.10. The average molecular weight is 343 g/mol. The summed E-state index contributed by atoms with van der Waals surface area (Å²) in [5.74, 6) is 0. The summed E-state index contributed by atoms with van der Waals surface area (Å²) in [7, 11) is 2.03. The van der Waals surface area contributed by atoms with E-state index >= 15 is 0 Å². The second-order valence-electron chi connectivity index (χ2n) is 5.12. The van der Waals surface area contributed by atoms with E-state index < -0.39 is 0 Å². The van der Waals surface area contributed by atoms with Gasteiger partial charge in [0.05, 0.1) is 6.04 Å². The molecule has 1 aromatic carbocycles. The molecule has 0 amide bonds. The minimum absolute atomic E-state index is 0.296. The van der Waals surface area contributed by atoms with Gasteiger partial charge in [0.15, 0.2) is 0 Å². The van der Waals surface area contributed by atoms with Crippen LogP contribution in [0, 0.1) is 0 Å². The lowest BCUT2D eigenvalue weighted by Gasteiger charge is -2.23. The van der Waals surface area contributed by atoms with Crippen LogP contribution in [0.2, 0.25) is 5.02 Å². The molecule has 1 unspecified atom stereocenters. The quantitative estimate of drug-likeness (QED) is 0.700. The fourth-order valence-corrected chi connectivity index (χ4v) is 3.67. The second-order valence-corrected chi connectivity index (χ2v) is 6.41. The Kier molecular flexibility index (Phi) is 5.93. The molecule has 0 heterocycles. The van der Waals surface area contributed by atoms with Gasteiger partial charge < -0.3 is 5.32 Å². The topological polar surface area (TPSA) is 12.0 Å². The van der Waals surface area contributed by atoms with E-state index in [1.807, 2.05) is 19.2 Å². The normalized spacial score (nSPS) is 21.1. The van der Waals surface area contributed by atoms with Crippen molar-refractivity contribution in [2.24, 2.45) is 0 Å². The van der Waals surface area contributed by atoms with Crippen molar-refractivity contribution in [3.63, 3.8) is 0 Å². The molecule has 1 nitrogen and oxygen atoms in total. The maximum absolute atomic E-state index is 6.03. The van der Waals surface area contributed by atoms with Crippen LogP contribution in [0.15, 0.2) is 34.3 Å². The summed E-state index contributed by atoms with van der Waals surface area (Å²) in [5, 5.41) is 4.23. The van der Waals surface area contributed by atoms with Crippen LogP contribution in [0.1, 0.15) is 50.1 Å². The minimum atomic E-state index is 0.296. The third kappa shape index (κ3) is 4.08. The number of benzene rings is 1. The zero-order chi connectivity index (χ0) is 13.7. The van der Waals surface area contributed by atoms with Crippen molar-refractivity contribution in [3.05, 3.63) is 44.9 Å². The predicted octanol–water partition coefficient (Wildman–Crippen LogP) is 5.64. The zero-order valence-electron chi connectivity index (χ0n) is 11.4. The predicted molar refractivity (Wildman–Crippen MR) is 86.7 cm³/mol. The van der Waals surface area contributed by atoms with Gasteiger partial charge in [-0.25, -0.2) is 0 Å². The summed E-state index contributed by atoms with van der Waals surface area (Å²) in [6, 6.07) is 6.36. The van der Waals surface area contributed by atoms with E-state index in [0.717, 1.165) is 9.50 Å². The fourth-order valence-electron chi connectivity index (χ4n) is 2.75. The summed E-state index contributed by atoms with van der Waals surface area (Å²) in [5.41, 5.74) is 2.80. The van der Waals surface area contributed by atoms with E-state index in [0.29, 0.717) is 6.04 Å². The molecule has 0 bridgehead atoms. The van der Waals surface area contributed by atoms with Gasteiger partial charge in [0, 0.05) is 9.50 Å². The second kappa shape index (κ2) is 7.47. The Morgan fingerprint density at radius 3 is 2.74 bits per heavy atom. The van der Waals surface area contributed by atoms with E-state index in [-0.39, 0.29) is 0 Å². The molecular formula is C16H21BrClN. The molecule has 0 saturated carbocycles. The number of hydrogen-bond donors (Lipinski definition) is 1. The van der Waals surface area contributed by atoms with Gasteiger partial charge in [-0.1, -0.05) is 58.1 Å². The first-order valence-electron chi connectivity index (χ1n) is 7.03. The molecule has 1 atom stereocenters. The number of halogens is 2. The Morgan fingerprint density at radius 2 is 2.00 bits per heavy atom. The summed E-state index contributed by atoms with van der Waals surface area (Å²) in [6.45, 7) is 0. The van der Waals surface area contributed by atoms with Crippen LogP contribution in [0.5, 0.6) is 0 Å². The standard InChI is InChI=1S/C16H21BrClN/c1-19-16(12-7-5-3-2-4-6-8-12)14-10-9-13(18)11-15(14)17/h7,9-11,16,19H,2-6,8H2,1H3/b12-7+. The number of rotatable bonds is 3. The van der Waals surface area contributed by atoms with Crippen molar-refractivity contribution in [3.8, 4) is 0 Å². The van der Waals surface area contributed by atoms with Crippen LogP contribution in [-0.4, -0.2) is 7.05 Å². The Morgan fingerprint density at radius 1 is 1.21 bits per heavy atom. The van der Waals surface area contributed by atoms with Crippen LogP contribution in [0.3, 0.4) is 0 Å². The summed E-state index contributed by atoms with van der Waals surface area (Å²) >= 11 is 9.67. The maximum Gasteiger partial charge on any atom is 0.0544 e. The Hall–Kier alpha value is -0.310. The molecule has 0 fully saturated rings. The van der Waals surface area contributed by atoms with E-state index in [9.17, 15) is 0 Å². The lowest BCUT2D eigenvalue weighted by molar-refractivity contribution is 0.573. The van der Waals surface area contributed by atoms with Gasteiger partial charge in [-0.2, -0.15) is 0 Å². The van der Waals surface area contributed by atoms with Gasteiger partial charge >= 0.3 is 0 Å². The number of nitrogens with one attached hydrogen (secondary N) is 1. The van der Waals surface area contributed by atoms with Crippen molar-refractivity contribution in [1.29, 1.82) is 0 Å². The van der Waals surface area contributed by atoms with E-state index in [2.05, 4.69) is 33.4 Å². The lowest BCUT2D eigenvalue weighted by Crippen LogP contribution is -2.19. The molecule has 1 aliphatic carbocycles. The number of hydrogen-bond acceptors (Lipinski definition) is 1. The van der Waals surface area contributed by atoms with Crippen molar-refractivity contribution in [1.82, 2.24) is 5.32 Å². The first-order chi connectivity index (χ1) is 9.22. The largest absolute Gasteiger partial charge is 0.310 e. The third-order valence-electron chi connectivity index (χ3n) is 3.76. The van der Waals surface area contributed by atoms with Crippen molar-refractivity contribution in [2.75, 3.05) is 7.05 Å². The third-order valence-corrected chi connectivity index (χ3v) is 4.68. The molecule has 1 N–H and O–H groups in total. The SMILES string of the molecule is CNC(/C1=C/CCCCCC1)c1ccc(Cl)cc1Br. The van der Waals surface area contributed by atoms with Gasteiger partial charge in [0.25, 0.3) is 0 Å². The van der Waals surface area contributed by atoms with E-state index in [1.165, 1.54) is 49.7 Å². The van der Waals surface area contributed by atoms with Crippen LogP contribution in [0.4, 0.5) is 0 Å². The molecular weight excluding hydrogens is 322 g/mol. The molecule has 2 rings (SSSR count). The van der Waals surface area contributed by atoms with E-state index in [1.54, 1.807) is 0 Å². The summed E-state index contributed by atoms with van der Waals surface area (Å²) < 4.78 is 1.09. The molecule has 0 radical (unpaired) electrons. The number of likely N-dealkylation sites (N-methyl/N-ethyl adjacent to an activating group) is 1. The van der Waals surface area contributed by atoms with Crippen LogP contribution in [-0.2, 0) is 0 Å². The average Bonchev–Trinajstić information content (AvgIpc) is 2.34. The number of allylic oxidation sites excluding steroid dienone is 1. The molecule has 1 aromatic rings. The molecule has 1 aliphatic rings. The molecule has 3 heteroatoms. The smallest absolute Gasteiger partial charge is 0.0544 e. The Bertz CT molecular complexity index is 456. The molecule has 0 aromatic heterocycles. The van der Waals surface area contributed by atoms with Crippen molar-refractivity contribution in [2.45, 2.75) is 44.6 Å². The first-order valence-corrected chi connectivity index (χ1v) is 8.20. The van der Waals surface area contributed by atoms with Gasteiger partial charge in [0.1, 0.15) is 0 Å². The van der Waals surface area contributed by atoms with Gasteiger partial charge in [-0.05, 0) is 50.4 Å². The van der Waals surface area contributed by atoms with Gasteiger partial charge in [-0.15, -0.1) is 0 Å². The monoisotopic (exact) mass is 341 g/mol. The lowest BCUT2D eigenvalue weighted by atomic mass is 9.91. The van der Waals surface area contributed by atoms with Crippen molar-refractivity contribution < 1.29 is 0 Å². The Labute approximate surface area is 129 Å². The van der Waals surface area contributed by atoms with Crippen molar-refractivity contribution >= 4 is 27.5 Å². The van der Waals surface area contributed by atoms with Crippen LogP contribution in [0.25, 0.3) is 0 Å². The highest BCUT2D eigenvalue weighted by Gasteiger charge is 2.17. The Balaban J connectivity index is 2.27. The minimum Gasteiger partial charge on any atom is -0.310 e. The van der Waals surface area contributed by atoms with Crippen LogP contribution < -0.4 is 5.32 Å². The van der Waals surface area contributed by atoms with Crippen LogP contribution >= 0.6 is 27.5 Å². The highest BCUT2D eigenvalue weighted by atomic mass is 79.9. The summed E-state index contributed by atoms with van der Waals surface area (Å²) in [6.07, 6.45) is 10.2. The molecule has 0 spiro atoms. The fraction of sp³-hybridized carbons (Fsp3) is 0.500. The van der Waals surface area contributed by atoms with Gasteiger partial charge in [-0.3, -0.25) is 0 Å². The molecule has 0 saturated heterocycles.